The average molecular weight is 331 g/mol. The van der Waals surface area contributed by atoms with Crippen molar-refractivity contribution in [2.75, 3.05) is 19.6 Å². The van der Waals surface area contributed by atoms with E-state index in [0.29, 0.717) is 13.1 Å². The van der Waals surface area contributed by atoms with E-state index in [9.17, 15) is 19.8 Å². The van der Waals surface area contributed by atoms with E-state index in [2.05, 4.69) is 10.3 Å². The fraction of sp³-hybridized carbons (Fsp3) is 0.750. The Morgan fingerprint density at radius 2 is 2.48 bits per heavy atom. The van der Waals surface area contributed by atoms with Crippen molar-refractivity contribution in [1.29, 1.82) is 0 Å². The number of carbonyl (C=O) groups excluding carboxylic acids is 1. The Bertz CT molecular complexity index is 501. The van der Waals surface area contributed by atoms with Crippen molar-refractivity contribution < 1.29 is 19.8 Å². The molecule has 2 fully saturated rings. The molecule has 0 saturated carbocycles. The number of aliphatic hydroxyl groups is 1. The number of fused-ring (bicyclic) bond motifs is 1. The molecule has 0 aromatic rings. The van der Waals surface area contributed by atoms with Gasteiger partial charge in [-0.05, 0) is 6.92 Å². The Morgan fingerprint density at radius 1 is 1.71 bits per heavy atom. The van der Waals surface area contributed by atoms with Crippen LogP contribution in [0.1, 0.15) is 6.92 Å². The number of aliphatic carboxylic acids is 1. The van der Waals surface area contributed by atoms with Gasteiger partial charge in [0.15, 0.2) is 4.08 Å². The van der Waals surface area contributed by atoms with E-state index in [-0.39, 0.29) is 23.1 Å². The van der Waals surface area contributed by atoms with E-state index < -0.39 is 22.1 Å². The van der Waals surface area contributed by atoms with E-state index in [4.69, 9.17) is 0 Å². The molecule has 4 unspecified atom stereocenters. The van der Waals surface area contributed by atoms with Gasteiger partial charge in [0.05, 0.1) is 36.8 Å². The largest absolute Gasteiger partial charge is 0.480 e. The third-order valence-corrected chi connectivity index (χ3v) is 7.30. The summed E-state index contributed by atoms with van der Waals surface area (Å²) in [5.41, 5.74) is 0. The van der Waals surface area contributed by atoms with Gasteiger partial charge in [0.2, 0.25) is 5.91 Å². The lowest BCUT2D eigenvalue weighted by Gasteiger charge is -2.42. The molecule has 3 N–H and O–H groups in total. The summed E-state index contributed by atoms with van der Waals surface area (Å²) in [5, 5.41) is 22.2. The molecule has 0 spiro atoms. The molecule has 0 bridgehead atoms. The van der Waals surface area contributed by atoms with Crippen molar-refractivity contribution in [1.82, 2.24) is 10.2 Å². The second-order valence-corrected chi connectivity index (χ2v) is 8.71. The van der Waals surface area contributed by atoms with Gasteiger partial charge in [-0.1, -0.05) is 0 Å². The van der Waals surface area contributed by atoms with Crippen LogP contribution in [-0.4, -0.2) is 73.8 Å². The maximum Gasteiger partial charge on any atom is 0.332 e. The molecule has 9 heteroatoms. The van der Waals surface area contributed by atoms with Crippen LogP contribution in [0.5, 0.6) is 0 Å². The van der Waals surface area contributed by atoms with Gasteiger partial charge in [0, 0.05) is 11.8 Å². The number of aliphatic hydroxyl groups excluding tert-OH is 1. The molecule has 21 heavy (non-hydrogen) atoms. The second-order valence-electron chi connectivity index (χ2n) is 5.44. The maximum absolute atomic E-state index is 12.0. The van der Waals surface area contributed by atoms with E-state index in [1.807, 2.05) is 0 Å². The minimum absolute atomic E-state index is 0.0670. The minimum atomic E-state index is -1.07. The van der Waals surface area contributed by atoms with Gasteiger partial charge in [-0.25, -0.2) is 4.79 Å². The highest BCUT2D eigenvalue weighted by atomic mass is 32.2. The molecular formula is C12H17N3O4S2. The highest BCUT2D eigenvalue weighted by molar-refractivity contribution is 8.20. The van der Waals surface area contributed by atoms with E-state index in [0.717, 1.165) is 0 Å². The first-order valence-electron chi connectivity index (χ1n) is 6.74. The fourth-order valence-corrected chi connectivity index (χ4v) is 6.44. The van der Waals surface area contributed by atoms with Crippen LogP contribution in [0.4, 0.5) is 0 Å². The summed E-state index contributed by atoms with van der Waals surface area (Å²) in [6.45, 7) is 3.01. The highest BCUT2D eigenvalue weighted by Crippen LogP contribution is 2.56. The number of nitrogens with one attached hydrogen (secondary N) is 1. The fourth-order valence-electron chi connectivity index (χ4n) is 2.82. The third-order valence-electron chi connectivity index (χ3n) is 3.91. The smallest absolute Gasteiger partial charge is 0.332 e. The van der Waals surface area contributed by atoms with Gasteiger partial charge < -0.3 is 20.4 Å². The number of carbonyl (C=O) groups is 2. The number of hydrogen-bond acceptors (Lipinski definition) is 7. The first-order valence-corrected chi connectivity index (χ1v) is 8.50. The monoisotopic (exact) mass is 331 g/mol. The molecule has 7 nitrogen and oxygen atoms in total. The van der Waals surface area contributed by atoms with Crippen molar-refractivity contribution in [3.05, 3.63) is 0 Å². The van der Waals surface area contributed by atoms with Crippen molar-refractivity contribution in [3.8, 4) is 0 Å². The molecule has 0 radical (unpaired) electrons. The van der Waals surface area contributed by atoms with Gasteiger partial charge in [-0.2, -0.15) is 0 Å². The molecular weight excluding hydrogens is 314 g/mol. The number of amides is 1. The van der Waals surface area contributed by atoms with Gasteiger partial charge in [0.25, 0.3) is 0 Å². The Labute approximate surface area is 130 Å². The molecule has 3 aliphatic rings. The number of nitrogens with zero attached hydrogens (tertiary/aromatic N) is 2. The number of hydrogen-bond donors (Lipinski definition) is 3. The van der Waals surface area contributed by atoms with Gasteiger partial charge in [-0.15, -0.1) is 23.5 Å². The van der Waals surface area contributed by atoms with Crippen molar-refractivity contribution >= 4 is 41.7 Å². The summed E-state index contributed by atoms with van der Waals surface area (Å²) in [6, 6.07) is 0. The lowest BCUT2D eigenvalue weighted by atomic mass is 9.93. The minimum Gasteiger partial charge on any atom is -0.480 e. The van der Waals surface area contributed by atoms with Crippen LogP contribution in [0.2, 0.25) is 0 Å². The van der Waals surface area contributed by atoms with E-state index in [1.165, 1.54) is 23.5 Å². The lowest BCUT2D eigenvalue weighted by Crippen LogP contribution is -2.60. The van der Waals surface area contributed by atoms with Gasteiger partial charge in [0.1, 0.15) is 0 Å². The number of carboxylic acids is 1. The molecule has 2 saturated heterocycles. The van der Waals surface area contributed by atoms with Crippen molar-refractivity contribution in [2.24, 2.45) is 10.9 Å². The quantitative estimate of drug-likeness (QED) is 0.592. The highest BCUT2D eigenvalue weighted by Gasteiger charge is 2.63. The molecule has 3 aliphatic heterocycles. The number of rotatable bonds is 4. The Kier molecular flexibility index (Phi) is 3.83. The predicted molar refractivity (Wildman–Crippen MR) is 81.4 cm³/mol. The third kappa shape index (κ3) is 2.40. The number of β-lactam (4-membered cyclic amide) rings is 1. The molecule has 0 aromatic heterocycles. The second kappa shape index (κ2) is 5.36. The summed E-state index contributed by atoms with van der Waals surface area (Å²) in [6.07, 6.45) is 0.883. The zero-order valence-electron chi connectivity index (χ0n) is 11.4. The van der Waals surface area contributed by atoms with Gasteiger partial charge in [-0.3, -0.25) is 9.79 Å². The normalized spacial score (nSPS) is 39.4. The molecule has 116 valence electrons. The van der Waals surface area contributed by atoms with Gasteiger partial charge >= 0.3 is 5.97 Å². The van der Waals surface area contributed by atoms with Crippen LogP contribution < -0.4 is 5.32 Å². The molecule has 3 rings (SSSR count). The van der Waals surface area contributed by atoms with Crippen molar-refractivity contribution in [2.45, 2.75) is 27.7 Å². The zero-order valence-corrected chi connectivity index (χ0v) is 13.1. The van der Waals surface area contributed by atoms with Crippen LogP contribution in [0.3, 0.4) is 0 Å². The van der Waals surface area contributed by atoms with Crippen molar-refractivity contribution in [3.63, 3.8) is 0 Å². The SMILES string of the molecule is CC(O)C1C(=O)N2CC(SC3CN=CNC3)(C(=O)O)S[C@H]12. The summed E-state index contributed by atoms with van der Waals surface area (Å²) in [7, 11) is 0. The summed E-state index contributed by atoms with van der Waals surface area (Å²) >= 11 is 2.64. The number of aliphatic imine (C=N–C) groups is 1. The summed E-state index contributed by atoms with van der Waals surface area (Å²) < 4.78 is -1.07. The van der Waals surface area contributed by atoms with Crippen LogP contribution in [0.15, 0.2) is 4.99 Å². The molecule has 0 aliphatic carbocycles. The molecule has 3 heterocycles. The Hall–Kier alpha value is -0.930. The number of carboxylic acid groups (broad SMARTS) is 1. The van der Waals surface area contributed by atoms with E-state index in [1.54, 1.807) is 18.2 Å². The Balaban J connectivity index is 1.76. The van der Waals surface area contributed by atoms with Crippen LogP contribution in [-0.2, 0) is 9.59 Å². The maximum atomic E-state index is 12.0. The topological polar surface area (TPSA) is 102 Å². The summed E-state index contributed by atoms with van der Waals surface area (Å²) in [5.74, 6) is -1.55. The van der Waals surface area contributed by atoms with Crippen LogP contribution in [0.25, 0.3) is 0 Å². The van der Waals surface area contributed by atoms with Crippen LogP contribution >= 0.6 is 23.5 Å². The zero-order chi connectivity index (χ0) is 15.2. The summed E-state index contributed by atoms with van der Waals surface area (Å²) in [4.78, 5) is 29.5. The molecule has 1 amide bonds. The first-order chi connectivity index (χ1) is 9.94. The number of thioether (sulfide) groups is 2. The molecule has 0 aromatic carbocycles. The Morgan fingerprint density at radius 3 is 3.05 bits per heavy atom. The van der Waals surface area contributed by atoms with E-state index >= 15 is 0 Å². The predicted octanol–water partition coefficient (Wildman–Crippen LogP) is -0.587. The first kappa shape index (κ1) is 15.0. The standard InChI is InChI=1S/C12H17N3O4S2/c1-6(16)8-9(17)15-4-12(11(18)19,21-10(8)15)20-7-2-13-5-14-3-7/h5-8,10,16H,2-4H2,1H3,(H,13,14)(H,18,19)/t6?,8?,10-,12?/m1/s1. The van der Waals surface area contributed by atoms with Crippen LogP contribution in [0, 0.1) is 5.92 Å². The average Bonchev–Trinajstić information content (AvgIpc) is 2.76. The lowest BCUT2D eigenvalue weighted by molar-refractivity contribution is -0.155. The molecule has 5 atom stereocenters.